The Morgan fingerprint density at radius 3 is 2.94 bits per heavy atom. The molecule has 1 aromatic rings. The van der Waals surface area contributed by atoms with Crippen LogP contribution in [0.2, 0.25) is 0 Å². The van der Waals surface area contributed by atoms with Crippen LogP contribution in [0.4, 0.5) is 0 Å². The predicted molar refractivity (Wildman–Crippen MR) is 74.6 cm³/mol. The van der Waals surface area contributed by atoms with E-state index in [1.165, 1.54) is 0 Å². The molecule has 0 saturated heterocycles. The molecule has 1 N–H and O–H groups in total. The number of aromatic nitrogens is 1. The third-order valence-corrected chi connectivity index (χ3v) is 2.88. The quantitative estimate of drug-likeness (QED) is 0.787. The predicted octanol–water partition coefficient (Wildman–Crippen LogP) is 2.92. The number of pyridine rings is 1. The van der Waals surface area contributed by atoms with E-state index in [2.05, 4.69) is 33.2 Å². The van der Waals surface area contributed by atoms with Gasteiger partial charge in [-0.1, -0.05) is 19.8 Å². The third kappa shape index (κ3) is 5.49. The van der Waals surface area contributed by atoms with Gasteiger partial charge in [0.2, 0.25) is 0 Å². The van der Waals surface area contributed by atoms with E-state index in [0.717, 1.165) is 23.7 Å². The summed E-state index contributed by atoms with van der Waals surface area (Å²) in [6.45, 7) is 4.57. The van der Waals surface area contributed by atoms with E-state index in [4.69, 9.17) is 4.74 Å². The van der Waals surface area contributed by atoms with Crippen molar-refractivity contribution >= 4 is 21.8 Å². The smallest absolute Gasteiger partial charge is 0.260 e. The molecule has 1 amide bonds. The van der Waals surface area contributed by atoms with Gasteiger partial charge in [-0.2, -0.15) is 0 Å². The number of halogens is 1. The van der Waals surface area contributed by atoms with E-state index in [0.29, 0.717) is 12.3 Å². The number of nitrogens with one attached hydrogen (secondary N) is 1. The summed E-state index contributed by atoms with van der Waals surface area (Å²) in [7, 11) is 0. The Kier molecular flexibility index (Phi) is 6.72. The topological polar surface area (TPSA) is 51.2 Å². The van der Waals surface area contributed by atoms with Gasteiger partial charge >= 0.3 is 0 Å². The number of nitrogens with zero attached hydrogens (tertiary/aromatic N) is 1. The van der Waals surface area contributed by atoms with Crippen molar-refractivity contribution in [1.29, 1.82) is 0 Å². The van der Waals surface area contributed by atoms with Crippen LogP contribution in [0.1, 0.15) is 33.1 Å². The van der Waals surface area contributed by atoms with E-state index < -0.39 is 6.10 Å². The molecule has 1 aromatic heterocycles. The van der Waals surface area contributed by atoms with Gasteiger partial charge < -0.3 is 10.1 Å². The van der Waals surface area contributed by atoms with Gasteiger partial charge in [0.05, 0.1) is 6.20 Å². The van der Waals surface area contributed by atoms with Crippen molar-refractivity contribution in [3.8, 4) is 5.75 Å². The number of rotatable bonds is 7. The second-order valence-corrected chi connectivity index (χ2v) is 5.01. The molecule has 0 spiro atoms. The molecule has 0 aliphatic carbocycles. The Bertz CT molecular complexity index is 385. The average molecular weight is 315 g/mol. The largest absolute Gasteiger partial charge is 0.479 e. The van der Waals surface area contributed by atoms with Gasteiger partial charge in [-0.05, 0) is 35.3 Å². The fourth-order valence-corrected chi connectivity index (χ4v) is 1.79. The highest BCUT2D eigenvalue weighted by Gasteiger charge is 2.13. The Labute approximate surface area is 116 Å². The molecule has 0 fully saturated rings. The second-order valence-electron chi connectivity index (χ2n) is 4.10. The molecular weight excluding hydrogens is 296 g/mol. The first-order valence-electron chi connectivity index (χ1n) is 6.18. The van der Waals surface area contributed by atoms with Crippen LogP contribution in [0.3, 0.4) is 0 Å². The number of unbranched alkanes of at least 4 members (excludes halogenated alkanes) is 2. The number of hydrogen-bond donors (Lipinski definition) is 1. The maximum Gasteiger partial charge on any atom is 0.260 e. The van der Waals surface area contributed by atoms with E-state index in [1.807, 2.05) is 0 Å². The summed E-state index contributed by atoms with van der Waals surface area (Å²) in [6.07, 6.45) is 6.03. The number of hydrogen-bond acceptors (Lipinski definition) is 3. The number of carbonyl (C=O) groups is 1. The van der Waals surface area contributed by atoms with Gasteiger partial charge in [-0.15, -0.1) is 0 Å². The number of amides is 1. The molecule has 4 nitrogen and oxygen atoms in total. The molecule has 0 aliphatic heterocycles. The fraction of sp³-hybridized carbons (Fsp3) is 0.538. The highest BCUT2D eigenvalue weighted by Crippen LogP contribution is 2.16. The maximum absolute atomic E-state index is 11.7. The fourth-order valence-electron chi connectivity index (χ4n) is 1.44. The molecule has 1 unspecified atom stereocenters. The normalized spacial score (nSPS) is 11.9. The van der Waals surface area contributed by atoms with Crippen molar-refractivity contribution in [2.24, 2.45) is 0 Å². The maximum atomic E-state index is 11.7. The molecule has 1 heterocycles. The molecule has 100 valence electrons. The van der Waals surface area contributed by atoms with Crippen LogP contribution >= 0.6 is 15.9 Å². The highest BCUT2D eigenvalue weighted by atomic mass is 79.9. The molecule has 1 atom stereocenters. The lowest BCUT2D eigenvalue weighted by Gasteiger charge is -2.14. The van der Waals surface area contributed by atoms with Crippen molar-refractivity contribution in [1.82, 2.24) is 10.3 Å². The minimum absolute atomic E-state index is 0.0916. The zero-order valence-corrected chi connectivity index (χ0v) is 12.4. The standard InChI is InChI=1S/C13H19BrN2O2/c1-3-4-5-6-16-13(17)10(2)18-12-7-11(14)8-15-9-12/h7-10H,3-6H2,1-2H3,(H,16,17). The molecule has 0 aromatic carbocycles. The van der Waals surface area contributed by atoms with Crippen LogP contribution in [0.15, 0.2) is 22.9 Å². The number of carbonyl (C=O) groups excluding carboxylic acids is 1. The van der Waals surface area contributed by atoms with Crippen molar-refractivity contribution in [3.05, 3.63) is 22.9 Å². The summed E-state index contributed by atoms with van der Waals surface area (Å²) < 4.78 is 6.34. The first-order valence-corrected chi connectivity index (χ1v) is 6.97. The molecule has 0 radical (unpaired) electrons. The number of ether oxygens (including phenoxy) is 1. The van der Waals surface area contributed by atoms with Gasteiger partial charge in [-0.25, -0.2) is 0 Å². The van der Waals surface area contributed by atoms with Gasteiger partial charge in [0.25, 0.3) is 5.91 Å². The summed E-state index contributed by atoms with van der Waals surface area (Å²) in [6, 6.07) is 1.79. The summed E-state index contributed by atoms with van der Waals surface area (Å²) in [4.78, 5) is 15.7. The Hall–Kier alpha value is -1.10. The van der Waals surface area contributed by atoms with Crippen LogP contribution in [0.25, 0.3) is 0 Å². The summed E-state index contributed by atoms with van der Waals surface area (Å²) >= 11 is 3.31. The summed E-state index contributed by atoms with van der Waals surface area (Å²) in [5.74, 6) is 0.492. The highest BCUT2D eigenvalue weighted by molar-refractivity contribution is 9.10. The Morgan fingerprint density at radius 1 is 1.50 bits per heavy atom. The average Bonchev–Trinajstić information content (AvgIpc) is 2.34. The van der Waals surface area contributed by atoms with Crippen LogP contribution in [-0.2, 0) is 4.79 Å². The zero-order valence-electron chi connectivity index (χ0n) is 10.8. The molecule has 0 aliphatic rings. The molecule has 0 bridgehead atoms. The van der Waals surface area contributed by atoms with E-state index in [-0.39, 0.29) is 5.91 Å². The molecule has 0 saturated carbocycles. The van der Waals surface area contributed by atoms with Crippen LogP contribution < -0.4 is 10.1 Å². The van der Waals surface area contributed by atoms with Crippen LogP contribution in [0, 0.1) is 0 Å². The van der Waals surface area contributed by atoms with Gasteiger partial charge in [-0.3, -0.25) is 9.78 Å². The van der Waals surface area contributed by atoms with E-state index >= 15 is 0 Å². The molecule has 18 heavy (non-hydrogen) atoms. The molecule has 1 rings (SSSR count). The Morgan fingerprint density at radius 2 is 2.28 bits per heavy atom. The zero-order chi connectivity index (χ0) is 13.4. The second kappa shape index (κ2) is 8.08. The lowest BCUT2D eigenvalue weighted by molar-refractivity contribution is -0.127. The Balaban J connectivity index is 2.35. The van der Waals surface area contributed by atoms with Crippen molar-refractivity contribution in [3.63, 3.8) is 0 Å². The van der Waals surface area contributed by atoms with Gasteiger partial charge in [0.1, 0.15) is 5.75 Å². The third-order valence-electron chi connectivity index (χ3n) is 2.44. The van der Waals surface area contributed by atoms with Crippen molar-refractivity contribution < 1.29 is 9.53 Å². The molecular formula is C13H19BrN2O2. The van der Waals surface area contributed by atoms with Crippen LogP contribution in [-0.4, -0.2) is 23.5 Å². The van der Waals surface area contributed by atoms with E-state index in [1.54, 1.807) is 25.4 Å². The molecule has 5 heteroatoms. The SMILES string of the molecule is CCCCCNC(=O)C(C)Oc1cncc(Br)c1. The minimum atomic E-state index is -0.511. The van der Waals surface area contributed by atoms with Gasteiger partial charge in [0.15, 0.2) is 6.10 Å². The van der Waals surface area contributed by atoms with Crippen molar-refractivity contribution in [2.45, 2.75) is 39.2 Å². The lowest BCUT2D eigenvalue weighted by Crippen LogP contribution is -2.36. The lowest BCUT2D eigenvalue weighted by atomic mass is 10.2. The van der Waals surface area contributed by atoms with E-state index in [9.17, 15) is 4.79 Å². The monoisotopic (exact) mass is 314 g/mol. The minimum Gasteiger partial charge on any atom is -0.479 e. The first kappa shape index (κ1) is 15.0. The summed E-state index contributed by atoms with van der Waals surface area (Å²) in [5, 5.41) is 2.86. The van der Waals surface area contributed by atoms with Crippen molar-refractivity contribution in [2.75, 3.05) is 6.54 Å². The summed E-state index contributed by atoms with van der Waals surface area (Å²) in [5.41, 5.74) is 0. The first-order chi connectivity index (χ1) is 8.63. The van der Waals surface area contributed by atoms with Gasteiger partial charge in [0, 0.05) is 17.2 Å². The van der Waals surface area contributed by atoms with Crippen LogP contribution in [0.5, 0.6) is 5.75 Å².